The van der Waals surface area contributed by atoms with E-state index in [-0.39, 0.29) is 6.29 Å². The van der Waals surface area contributed by atoms with Gasteiger partial charge in [0.05, 0.1) is 0 Å². The van der Waals surface area contributed by atoms with E-state index in [0.717, 1.165) is 25.7 Å². The van der Waals surface area contributed by atoms with Crippen LogP contribution in [0, 0.1) is 0 Å². The first-order valence-electron chi connectivity index (χ1n) is 5.51. The van der Waals surface area contributed by atoms with Gasteiger partial charge in [-0.1, -0.05) is 25.7 Å². The van der Waals surface area contributed by atoms with E-state index in [1.54, 1.807) is 14.2 Å². The fourth-order valence-corrected chi connectivity index (χ4v) is 1.46. The van der Waals surface area contributed by atoms with Crippen LogP contribution in [0.2, 0.25) is 0 Å². The highest BCUT2D eigenvalue weighted by Crippen LogP contribution is 2.10. The molecule has 3 heteroatoms. The van der Waals surface area contributed by atoms with Crippen LogP contribution in [0.1, 0.15) is 44.9 Å². The third kappa shape index (κ3) is 8.48. The van der Waals surface area contributed by atoms with Gasteiger partial charge in [-0.25, -0.2) is 0 Å². The summed E-state index contributed by atoms with van der Waals surface area (Å²) >= 11 is 0. The van der Waals surface area contributed by atoms with Crippen molar-refractivity contribution < 1.29 is 14.6 Å². The maximum absolute atomic E-state index is 8.57. The van der Waals surface area contributed by atoms with Gasteiger partial charge >= 0.3 is 0 Å². The maximum Gasteiger partial charge on any atom is 0.156 e. The maximum atomic E-state index is 8.57. The van der Waals surface area contributed by atoms with Crippen molar-refractivity contribution in [1.82, 2.24) is 0 Å². The minimum absolute atomic E-state index is 0.0348. The number of ether oxygens (including phenoxy) is 2. The molecule has 0 rings (SSSR count). The Bertz CT molecular complexity index is 103. The fraction of sp³-hybridized carbons (Fsp3) is 1.00. The van der Waals surface area contributed by atoms with Crippen LogP contribution in [-0.2, 0) is 9.47 Å². The lowest BCUT2D eigenvalue weighted by Crippen LogP contribution is -2.12. The number of methoxy groups -OCH3 is 2. The van der Waals surface area contributed by atoms with E-state index in [0.29, 0.717) is 6.61 Å². The predicted octanol–water partition coefficient (Wildman–Crippen LogP) is 2.33. The molecule has 1 N–H and O–H groups in total. The smallest absolute Gasteiger partial charge is 0.156 e. The zero-order valence-corrected chi connectivity index (χ0v) is 9.50. The van der Waals surface area contributed by atoms with Gasteiger partial charge in [0.25, 0.3) is 0 Å². The molecule has 0 aromatic carbocycles. The van der Waals surface area contributed by atoms with Gasteiger partial charge in [0.1, 0.15) is 0 Å². The molecule has 0 amide bonds. The highest BCUT2D eigenvalue weighted by molar-refractivity contribution is 4.48. The summed E-state index contributed by atoms with van der Waals surface area (Å²) in [4.78, 5) is 0. The number of aliphatic hydroxyl groups is 1. The minimum atomic E-state index is -0.0348. The summed E-state index contributed by atoms with van der Waals surface area (Å²) in [6.45, 7) is 0.329. The van der Waals surface area contributed by atoms with Crippen LogP contribution in [0.25, 0.3) is 0 Å². The molecule has 0 saturated carbocycles. The van der Waals surface area contributed by atoms with Crippen LogP contribution in [0.5, 0.6) is 0 Å². The van der Waals surface area contributed by atoms with Crippen LogP contribution in [-0.4, -0.2) is 32.2 Å². The summed E-state index contributed by atoms with van der Waals surface area (Å²) in [7, 11) is 3.35. The van der Waals surface area contributed by atoms with Gasteiger partial charge in [-0.15, -0.1) is 0 Å². The molecule has 0 aromatic heterocycles. The van der Waals surface area contributed by atoms with E-state index >= 15 is 0 Å². The molecule has 3 nitrogen and oxygen atoms in total. The first-order chi connectivity index (χ1) is 6.85. The average Bonchev–Trinajstić information content (AvgIpc) is 2.22. The predicted molar refractivity (Wildman–Crippen MR) is 57.2 cm³/mol. The van der Waals surface area contributed by atoms with E-state index < -0.39 is 0 Å². The molecule has 14 heavy (non-hydrogen) atoms. The molecule has 0 atom stereocenters. The SMILES string of the molecule is COC(CCCCCCCCO)OC. The topological polar surface area (TPSA) is 38.7 Å². The molecule has 0 aliphatic heterocycles. The third-order valence-corrected chi connectivity index (χ3v) is 2.37. The first-order valence-corrected chi connectivity index (χ1v) is 5.51. The summed E-state index contributed by atoms with van der Waals surface area (Å²) in [6, 6.07) is 0. The second kappa shape index (κ2) is 11.0. The van der Waals surface area contributed by atoms with Crippen LogP contribution in [0.4, 0.5) is 0 Å². The standard InChI is InChI=1S/C11H24O3/c1-13-11(14-2)9-7-5-3-4-6-8-10-12/h11-12H,3-10H2,1-2H3. The molecule has 0 bridgehead atoms. The molecule has 0 aliphatic carbocycles. The van der Waals surface area contributed by atoms with Crippen LogP contribution in [0.15, 0.2) is 0 Å². The number of rotatable bonds is 10. The van der Waals surface area contributed by atoms with Crippen LogP contribution in [0.3, 0.4) is 0 Å². The Morgan fingerprint density at radius 2 is 1.36 bits per heavy atom. The van der Waals surface area contributed by atoms with Gasteiger partial charge in [0, 0.05) is 20.8 Å². The van der Waals surface area contributed by atoms with Crippen molar-refractivity contribution >= 4 is 0 Å². The average molecular weight is 204 g/mol. The summed E-state index contributed by atoms with van der Waals surface area (Å²) in [5.41, 5.74) is 0. The number of hydrogen-bond acceptors (Lipinski definition) is 3. The summed E-state index contributed by atoms with van der Waals surface area (Å²) in [6.07, 6.45) is 7.90. The monoisotopic (exact) mass is 204 g/mol. The number of aliphatic hydroxyl groups excluding tert-OH is 1. The normalized spacial score (nSPS) is 11.1. The van der Waals surface area contributed by atoms with Gasteiger partial charge in [-0.3, -0.25) is 0 Å². The molecule has 0 aliphatic rings. The van der Waals surface area contributed by atoms with Crippen molar-refractivity contribution in [2.75, 3.05) is 20.8 Å². The Labute approximate surface area is 87.4 Å². The Balaban J connectivity index is 3.04. The quantitative estimate of drug-likeness (QED) is 0.438. The van der Waals surface area contributed by atoms with Gasteiger partial charge in [-0.05, 0) is 19.3 Å². The lowest BCUT2D eigenvalue weighted by molar-refractivity contribution is -0.107. The highest BCUT2D eigenvalue weighted by atomic mass is 16.7. The minimum Gasteiger partial charge on any atom is -0.396 e. The highest BCUT2D eigenvalue weighted by Gasteiger charge is 2.03. The van der Waals surface area contributed by atoms with E-state index in [2.05, 4.69) is 0 Å². The zero-order valence-electron chi connectivity index (χ0n) is 9.50. The van der Waals surface area contributed by atoms with Crippen molar-refractivity contribution in [1.29, 1.82) is 0 Å². The largest absolute Gasteiger partial charge is 0.396 e. The molecule has 86 valence electrons. The van der Waals surface area contributed by atoms with Crippen molar-refractivity contribution in [3.05, 3.63) is 0 Å². The molecule has 0 saturated heterocycles. The molecular weight excluding hydrogens is 180 g/mol. The molecule has 0 radical (unpaired) electrons. The van der Waals surface area contributed by atoms with Crippen molar-refractivity contribution in [2.24, 2.45) is 0 Å². The Morgan fingerprint density at radius 3 is 1.86 bits per heavy atom. The molecular formula is C11H24O3. The Hall–Kier alpha value is -0.120. The Morgan fingerprint density at radius 1 is 0.857 bits per heavy atom. The van der Waals surface area contributed by atoms with Gasteiger partial charge in [0.2, 0.25) is 0 Å². The second-order valence-electron chi connectivity index (χ2n) is 3.53. The van der Waals surface area contributed by atoms with E-state index in [9.17, 15) is 0 Å². The van der Waals surface area contributed by atoms with Gasteiger partial charge in [0.15, 0.2) is 6.29 Å². The van der Waals surface area contributed by atoms with Gasteiger partial charge in [-0.2, -0.15) is 0 Å². The zero-order chi connectivity index (χ0) is 10.6. The van der Waals surface area contributed by atoms with Crippen molar-refractivity contribution in [2.45, 2.75) is 51.2 Å². The molecule has 0 fully saturated rings. The third-order valence-electron chi connectivity index (χ3n) is 2.37. The van der Waals surface area contributed by atoms with E-state index in [4.69, 9.17) is 14.6 Å². The molecule has 0 unspecified atom stereocenters. The lowest BCUT2D eigenvalue weighted by atomic mass is 10.1. The van der Waals surface area contributed by atoms with Crippen molar-refractivity contribution in [3.63, 3.8) is 0 Å². The second-order valence-corrected chi connectivity index (χ2v) is 3.53. The van der Waals surface area contributed by atoms with Crippen molar-refractivity contribution in [3.8, 4) is 0 Å². The molecule has 0 heterocycles. The number of unbranched alkanes of at least 4 members (excludes halogenated alkanes) is 5. The van der Waals surface area contributed by atoms with Gasteiger partial charge < -0.3 is 14.6 Å². The Kier molecular flexibility index (Phi) is 10.9. The van der Waals surface area contributed by atoms with E-state index in [1.807, 2.05) is 0 Å². The fourth-order valence-electron chi connectivity index (χ4n) is 1.46. The summed E-state index contributed by atoms with van der Waals surface area (Å²) in [5.74, 6) is 0. The summed E-state index contributed by atoms with van der Waals surface area (Å²) < 4.78 is 10.2. The first kappa shape index (κ1) is 13.9. The van der Waals surface area contributed by atoms with E-state index in [1.165, 1.54) is 19.3 Å². The molecule has 0 aromatic rings. The number of hydrogen-bond donors (Lipinski definition) is 1. The van der Waals surface area contributed by atoms with Crippen LogP contribution < -0.4 is 0 Å². The summed E-state index contributed by atoms with van der Waals surface area (Å²) in [5, 5.41) is 8.57. The molecule has 0 spiro atoms. The van der Waals surface area contributed by atoms with Crippen LogP contribution >= 0.6 is 0 Å². The lowest BCUT2D eigenvalue weighted by Gasteiger charge is -2.12.